The Morgan fingerprint density at radius 3 is 2.34 bits per heavy atom. The van der Waals surface area contributed by atoms with Gasteiger partial charge in [-0.2, -0.15) is 0 Å². The number of aromatic hydroxyl groups is 1. The molecule has 0 bridgehead atoms. The second kappa shape index (κ2) is 10.8. The first-order chi connectivity index (χ1) is 17.8. The molecule has 1 aliphatic rings. The van der Waals surface area contributed by atoms with Crippen LogP contribution < -0.4 is 11.1 Å². The van der Waals surface area contributed by atoms with E-state index >= 15 is 0 Å². The molecule has 0 unspecified atom stereocenters. The van der Waals surface area contributed by atoms with E-state index in [1.54, 1.807) is 57.2 Å². The molecule has 0 spiro atoms. The van der Waals surface area contributed by atoms with Gasteiger partial charge in [0.2, 0.25) is 5.91 Å². The van der Waals surface area contributed by atoms with Crippen molar-refractivity contribution in [2.24, 2.45) is 11.7 Å². The van der Waals surface area contributed by atoms with Gasteiger partial charge in [0, 0.05) is 23.9 Å². The van der Waals surface area contributed by atoms with Gasteiger partial charge in [-0.15, -0.1) is 0 Å². The van der Waals surface area contributed by atoms with Crippen LogP contribution in [-0.2, 0) is 16.0 Å². The molecule has 1 amide bonds. The number of phenolic OH excluding ortho intramolecular Hbond substituents is 1. The van der Waals surface area contributed by atoms with Gasteiger partial charge in [0.15, 0.2) is 5.78 Å². The lowest BCUT2D eigenvalue weighted by atomic mass is 9.74. The van der Waals surface area contributed by atoms with E-state index in [2.05, 4.69) is 5.32 Å². The number of aliphatic hydroxyl groups is 2. The van der Waals surface area contributed by atoms with Crippen LogP contribution in [0.25, 0.3) is 0 Å². The van der Waals surface area contributed by atoms with Crippen molar-refractivity contribution in [2.45, 2.75) is 76.7 Å². The standard InChI is InChI=1S/C29H38N2O7/c1-6-23(34)31-28(7-2)25(30)21(15-19-11-9-12-20(14-19)18(4)32)29(37,27(28,5)36)16-38-26(35)24-17(3)10-8-13-22(24)33/h8-14,21,25,33,36-37H,6-7,15-16,30H2,1-5H3,(H,31,34)/t21-,25-,27+,28-,29+/m0/s1. The topological polar surface area (TPSA) is 159 Å². The first kappa shape index (κ1) is 29.3. The molecule has 0 radical (unpaired) electrons. The van der Waals surface area contributed by atoms with Crippen molar-refractivity contribution in [3.63, 3.8) is 0 Å². The van der Waals surface area contributed by atoms with Crippen LogP contribution in [0.2, 0.25) is 0 Å². The third-order valence-corrected chi connectivity index (χ3v) is 8.24. The van der Waals surface area contributed by atoms with Gasteiger partial charge >= 0.3 is 5.97 Å². The van der Waals surface area contributed by atoms with Crippen molar-refractivity contribution in [2.75, 3.05) is 6.61 Å². The van der Waals surface area contributed by atoms with E-state index < -0.39 is 41.3 Å². The molecule has 1 fully saturated rings. The maximum absolute atomic E-state index is 13.0. The SMILES string of the molecule is CCC(=O)N[C@@]1(CC)[C@@H](N)[C@H](Cc2cccc(C(C)=O)c2)[C@](O)(COC(=O)c2c(C)cccc2O)[C@]1(C)O. The molecular weight excluding hydrogens is 488 g/mol. The number of carbonyl (C=O) groups excluding carboxylic acids is 3. The van der Waals surface area contributed by atoms with Crippen molar-refractivity contribution < 1.29 is 34.4 Å². The van der Waals surface area contributed by atoms with E-state index in [-0.39, 0.29) is 42.3 Å². The number of nitrogens with one attached hydrogen (secondary N) is 1. The molecule has 1 aliphatic carbocycles. The van der Waals surface area contributed by atoms with Gasteiger partial charge in [0.1, 0.15) is 29.1 Å². The molecule has 9 heteroatoms. The maximum Gasteiger partial charge on any atom is 0.342 e. The van der Waals surface area contributed by atoms with E-state index in [0.717, 1.165) is 0 Å². The highest BCUT2D eigenvalue weighted by atomic mass is 16.5. The number of nitrogens with two attached hydrogens (primary N) is 1. The normalized spacial score (nSPS) is 28.6. The number of hydrogen-bond acceptors (Lipinski definition) is 8. The molecular formula is C29H38N2O7. The number of ether oxygens (including phenoxy) is 1. The number of amides is 1. The second-order valence-electron chi connectivity index (χ2n) is 10.4. The number of benzene rings is 2. The van der Waals surface area contributed by atoms with Crippen LogP contribution in [0.3, 0.4) is 0 Å². The van der Waals surface area contributed by atoms with Crippen molar-refractivity contribution in [1.82, 2.24) is 5.32 Å². The lowest BCUT2D eigenvalue weighted by molar-refractivity contribution is -0.186. The fraction of sp³-hybridized carbons (Fsp3) is 0.483. The molecule has 0 aliphatic heterocycles. The van der Waals surface area contributed by atoms with Crippen molar-refractivity contribution in [1.29, 1.82) is 0 Å². The number of rotatable bonds is 9. The van der Waals surface area contributed by atoms with Crippen molar-refractivity contribution >= 4 is 17.7 Å². The van der Waals surface area contributed by atoms with Crippen LogP contribution in [0.4, 0.5) is 0 Å². The van der Waals surface area contributed by atoms with Gasteiger partial charge in [-0.25, -0.2) is 4.79 Å². The highest BCUT2D eigenvalue weighted by Gasteiger charge is 2.73. The minimum Gasteiger partial charge on any atom is -0.507 e. The summed E-state index contributed by atoms with van der Waals surface area (Å²) >= 11 is 0. The summed E-state index contributed by atoms with van der Waals surface area (Å²) in [5.74, 6) is -2.52. The summed E-state index contributed by atoms with van der Waals surface area (Å²) in [7, 11) is 0. The summed E-state index contributed by atoms with van der Waals surface area (Å²) < 4.78 is 5.53. The molecule has 6 N–H and O–H groups in total. The van der Waals surface area contributed by atoms with E-state index in [1.165, 1.54) is 19.9 Å². The second-order valence-corrected chi connectivity index (χ2v) is 10.4. The zero-order chi connectivity index (χ0) is 28.5. The van der Waals surface area contributed by atoms with Crippen LogP contribution in [0.15, 0.2) is 42.5 Å². The first-order valence-corrected chi connectivity index (χ1v) is 12.8. The quantitative estimate of drug-likeness (QED) is 0.246. The minimum atomic E-state index is -2.11. The van der Waals surface area contributed by atoms with Crippen LogP contribution in [0.5, 0.6) is 5.75 Å². The summed E-state index contributed by atoms with van der Waals surface area (Å²) in [6, 6.07) is 10.5. The Balaban J connectivity index is 2.07. The monoisotopic (exact) mass is 526 g/mol. The number of phenols is 1. The highest BCUT2D eigenvalue weighted by Crippen LogP contribution is 2.52. The summed E-state index contributed by atoms with van der Waals surface area (Å²) in [5, 5.41) is 37.3. The third-order valence-electron chi connectivity index (χ3n) is 8.24. The first-order valence-electron chi connectivity index (χ1n) is 12.8. The van der Waals surface area contributed by atoms with E-state index in [1.807, 2.05) is 0 Å². The molecule has 3 rings (SSSR count). The Hall–Kier alpha value is -3.27. The van der Waals surface area contributed by atoms with Crippen LogP contribution >= 0.6 is 0 Å². The fourth-order valence-electron chi connectivity index (χ4n) is 5.80. The van der Waals surface area contributed by atoms with Gasteiger partial charge in [-0.1, -0.05) is 44.2 Å². The number of ketones is 1. The predicted octanol–water partition coefficient (Wildman–Crippen LogP) is 2.42. The van der Waals surface area contributed by atoms with Crippen LogP contribution in [0, 0.1) is 12.8 Å². The molecule has 206 valence electrons. The molecule has 2 aromatic rings. The molecule has 0 heterocycles. The molecule has 38 heavy (non-hydrogen) atoms. The summed E-state index contributed by atoms with van der Waals surface area (Å²) in [6.45, 7) is 7.24. The Morgan fingerprint density at radius 1 is 1.11 bits per heavy atom. The number of hydrogen-bond donors (Lipinski definition) is 5. The number of aryl methyl sites for hydroxylation is 1. The maximum atomic E-state index is 13.0. The highest BCUT2D eigenvalue weighted by molar-refractivity contribution is 5.94. The number of Topliss-reactive ketones (excluding diaryl/α,β-unsaturated/α-hetero) is 1. The zero-order valence-electron chi connectivity index (χ0n) is 22.6. The van der Waals surface area contributed by atoms with Crippen LogP contribution in [0.1, 0.15) is 72.4 Å². The Kier molecular flexibility index (Phi) is 8.36. The Bertz CT molecular complexity index is 1210. The van der Waals surface area contributed by atoms with E-state index in [4.69, 9.17) is 10.5 Å². The van der Waals surface area contributed by atoms with Crippen LogP contribution in [-0.4, -0.2) is 62.4 Å². The minimum absolute atomic E-state index is 0.0511. The molecule has 9 nitrogen and oxygen atoms in total. The van der Waals surface area contributed by atoms with Gasteiger partial charge in [0.25, 0.3) is 0 Å². The van der Waals surface area contributed by atoms with E-state index in [9.17, 15) is 29.7 Å². The molecule has 5 atom stereocenters. The lowest BCUT2D eigenvalue weighted by Crippen LogP contribution is -2.71. The molecule has 0 aromatic heterocycles. The summed E-state index contributed by atoms with van der Waals surface area (Å²) in [5.41, 5.74) is 2.75. The average Bonchev–Trinajstić information content (AvgIpc) is 2.98. The number of carbonyl (C=O) groups is 3. The molecule has 1 saturated carbocycles. The van der Waals surface area contributed by atoms with Crippen molar-refractivity contribution in [3.05, 3.63) is 64.7 Å². The Labute approximate surface area is 223 Å². The van der Waals surface area contributed by atoms with Gasteiger partial charge in [-0.3, -0.25) is 9.59 Å². The average molecular weight is 527 g/mol. The largest absolute Gasteiger partial charge is 0.507 e. The third kappa shape index (κ3) is 4.81. The fourth-order valence-corrected chi connectivity index (χ4v) is 5.80. The van der Waals surface area contributed by atoms with Gasteiger partial charge < -0.3 is 31.1 Å². The van der Waals surface area contributed by atoms with Gasteiger partial charge in [0.05, 0.1) is 5.54 Å². The van der Waals surface area contributed by atoms with Crippen molar-refractivity contribution in [3.8, 4) is 5.75 Å². The summed E-state index contributed by atoms with van der Waals surface area (Å²) in [4.78, 5) is 37.5. The summed E-state index contributed by atoms with van der Waals surface area (Å²) in [6.07, 6.45) is 0.452. The molecule has 0 saturated heterocycles. The zero-order valence-corrected chi connectivity index (χ0v) is 22.6. The smallest absolute Gasteiger partial charge is 0.342 e. The predicted molar refractivity (Wildman–Crippen MR) is 142 cm³/mol. The van der Waals surface area contributed by atoms with Gasteiger partial charge in [-0.05, 0) is 56.9 Å². The lowest BCUT2D eigenvalue weighted by Gasteiger charge is -2.47. The van der Waals surface area contributed by atoms with E-state index in [0.29, 0.717) is 16.7 Å². The molecule has 2 aromatic carbocycles. The number of esters is 1. The Morgan fingerprint density at radius 2 is 1.76 bits per heavy atom.